The molecule has 0 amide bonds. The van der Waals surface area contributed by atoms with E-state index >= 15 is 0 Å². The molecule has 0 atom stereocenters. The van der Waals surface area contributed by atoms with Crippen LogP contribution in [-0.4, -0.2) is 35.2 Å². The third-order valence-electron chi connectivity index (χ3n) is 2.76. The summed E-state index contributed by atoms with van der Waals surface area (Å²) in [5.41, 5.74) is -0.122. The molecule has 1 aliphatic rings. The van der Waals surface area contributed by atoms with E-state index in [-0.39, 0.29) is 17.4 Å². The molecule has 0 aliphatic carbocycles. The smallest absolute Gasteiger partial charge is 0.339 e. The molecule has 92 valence electrons. The average molecular weight is 239 g/mol. The largest absolute Gasteiger partial charge is 0.478 e. The van der Waals surface area contributed by atoms with Crippen LogP contribution in [0.2, 0.25) is 0 Å². The highest BCUT2D eigenvalue weighted by molar-refractivity contribution is 5.93. The van der Waals surface area contributed by atoms with Gasteiger partial charge in [-0.15, -0.1) is 0 Å². The van der Waals surface area contributed by atoms with Crippen LogP contribution in [0.4, 0.5) is 10.2 Å². The highest BCUT2D eigenvalue weighted by atomic mass is 19.1. The third kappa shape index (κ3) is 2.91. The molecule has 0 spiro atoms. The number of rotatable bonds is 3. The van der Waals surface area contributed by atoms with Crippen molar-refractivity contribution in [2.75, 3.05) is 18.4 Å². The summed E-state index contributed by atoms with van der Waals surface area (Å²) in [7, 11) is 0. The SMILES string of the molecule is O=C(O)c1cc(F)cnc1NC1CCNCC1. The Labute approximate surface area is 98.1 Å². The summed E-state index contributed by atoms with van der Waals surface area (Å²) in [4.78, 5) is 14.8. The Hall–Kier alpha value is -1.69. The van der Waals surface area contributed by atoms with Gasteiger partial charge in [0.2, 0.25) is 0 Å². The molecule has 0 bridgehead atoms. The van der Waals surface area contributed by atoms with Crippen LogP contribution in [0.1, 0.15) is 23.2 Å². The second kappa shape index (κ2) is 5.09. The van der Waals surface area contributed by atoms with E-state index in [0.29, 0.717) is 0 Å². The molecule has 0 saturated carbocycles. The number of halogens is 1. The van der Waals surface area contributed by atoms with Gasteiger partial charge in [0.25, 0.3) is 0 Å². The Balaban J connectivity index is 2.16. The van der Waals surface area contributed by atoms with Crippen LogP contribution in [-0.2, 0) is 0 Å². The summed E-state index contributed by atoms with van der Waals surface area (Å²) in [6.45, 7) is 1.78. The maximum atomic E-state index is 12.9. The first-order valence-electron chi connectivity index (χ1n) is 5.53. The summed E-state index contributed by atoms with van der Waals surface area (Å²) in [5, 5.41) is 15.2. The first-order chi connectivity index (χ1) is 8.16. The van der Waals surface area contributed by atoms with Crippen LogP contribution >= 0.6 is 0 Å². The number of carbonyl (C=O) groups is 1. The van der Waals surface area contributed by atoms with E-state index < -0.39 is 11.8 Å². The van der Waals surface area contributed by atoms with E-state index in [2.05, 4.69) is 15.6 Å². The molecule has 1 fully saturated rings. The number of carboxylic acids is 1. The molecule has 17 heavy (non-hydrogen) atoms. The van der Waals surface area contributed by atoms with E-state index in [9.17, 15) is 9.18 Å². The van der Waals surface area contributed by atoms with E-state index in [1.165, 1.54) is 0 Å². The van der Waals surface area contributed by atoms with Crippen molar-refractivity contribution in [3.8, 4) is 0 Å². The molecule has 0 radical (unpaired) electrons. The lowest BCUT2D eigenvalue weighted by Crippen LogP contribution is -2.35. The van der Waals surface area contributed by atoms with E-state index in [4.69, 9.17) is 5.11 Å². The topological polar surface area (TPSA) is 74.2 Å². The molecule has 5 nitrogen and oxygen atoms in total. The van der Waals surface area contributed by atoms with Gasteiger partial charge in [-0.2, -0.15) is 0 Å². The average Bonchev–Trinajstić information content (AvgIpc) is 2.32. The minimum Gasteiger partial charge on any atom is -0.478 e. The maximum absolute atomic E-state index is 12.9. The Bertz CT molecular complexity index is 419. The fourth-order valence-electron chi connectivity index (χ4n) is 1.88. The van der Waals surface area contributed by atoms with Crippen LogP contribution in [0.25, 0.3) is 0 Å². The standard InChI is InChI=1S/C11H14FN3O2/c12-7-5-9(11(16)17)10(14-6-7)15-8-1-3-13-4-2-8/h5-6,8,13H,1-4H2,(H,14,15)(H,16,17). The molecule has 1 aromatic rings. The summed E-state index contributed by atoms with van der Waals surface area (Å²) in [5.74, 6) is -1.57. The van der Waals surface area contributed by atoms with Crippen molar-refractivity contribution < 1.29 is 14.3 Å². The zero-order valence-electron chi connectivity index (χ0n) is 9.24. The van der Waals surface area contributed by atoms with Gasteiger partial charge in [0.1, 0.15) is 17.2 Å². The van der Waals surface area contributed by atoms with Gasteiger partial charge in [-0.3, -0.25) is 0 Å². The number of carboxylic acid groups (broad SMARTS) is 1. The molecule has 1 aromatic heterocycles. The Morgan fingerprint density at radius 2 is 2.24 bits per heavy atom. The lowest BCUT2D eigenvalue weighted by Gasteiger charge is -2.24. The van der Waals surface area contributed by atoms with Crippen molar-refractivity contribution in [1.29, 1.82) is 0 Å². The first kappa shape index (κ1) is 11.8. The predicted octanol–water partition coefficient (Wildman–Crippen LogP) is 1.08. The van der Waals surface area contributed by atoms with E-state index in [1.807, 2.05) is 0 Å². The zero-order chi connectivity index (χ0) is 12.3. The van der Waals surface area contributed by atoms with Gasteiger partial charge in [-0.1, -0.05) is 0 Å². The third-order valence-corrected chi connectivity index (χ3v) is 2.76. The number of piperidine rings is 1. The Morgan fingerprint density at radius 1 is 1.53 bits per heavy atom. The summed E-state index contributed by atoms with van der Waals surface area (Å²) in [6.07, 6.45) is 2.83. The first-order valence-corrected chi connectivity index (χ1v) is 5.53. The number of nitrogens with zero attached hydrogens (tertiary/aromatic N) is 1. The Kier molecular flexibility index (Phi) is 3.53. The van der Waals surface area contributed by atoms with Crippen LogP contribution < -0.4 is 10.6 Å². The second-order valence-electron chi connectivity index (χ2n) is 4.02. The lowest BCUT2D eigenvalue weighted by molar-refractivity contribution is 0.0697. The molecule has 2 rings (SSSR count). The van der Waals surface area contributed by atoms with Gasteiger partial charge >= 0.3 is 5.97 Å². The van der Waals surface area contributed by atoms with Gasteiger partial charge in [0.05, 0.1) is 6.20 Å². The zero-order valence-corrected chi connectivity index (χ0v) is 9.24. The Morgan fingerprint density at radius 3 is 2.88 bits per heavy atom. The molecule has 6 heteroatoms. The quantitative estimate of drug-likeness (QED) is 0.736. The van der Waals surface area contributed by atoms with Gasteiger partial charge in [0, 0.05) is 6.04 Å². The van der Waals surface area contributed by atoms with Gasteiger partial charge in [-0.05, 0) is 32.0 Å². The summed E-state index contributed by atoms with van der Waals surface area (Å²) in [6, 6.07) is 1.17. The molecule has 0 aromatic carbocycles. The highest BCUT2D eigenvalue weighted by Crippen LogP contribution is 2.17. The molecular formula is C11H14FN3O2. The number of nitrogens with one attached hydrogen (secondary N) is 2. The normalized spacial score (nSPS) is 16.8. The summed E-state index contributed by atoms with van der Waals surface area (Å²) < 4.78 is 12.9. The van der Waals surface area contributed by atoms with Crippen molar-refractivity contribution >= 4 is 11.8 Å². The number of pyridine rings is 1. The lowest BCUT2D eigenvalue weighted by atomic mass is 10.1. The monoisotopic (exact) mass is 239 g/mol. The van der Waals surface area contributed by atoms with Crippen molar-refractivity contribution in [3.63, 3.8) is 0 Å². The van der Waals surface area contributed by atoms with Crippen LogP contribution in [0.15, 0.2) is 12.3 Å². The fourth-order valence-corrected chi connectivity index (χ4v) is 1.88. The number of hydrogen-bond donors (Lipinski definition) is 3. The number of anilines is 1. The number of aromatic nitrogens is 1. The minimum atomic E-state index is -1.17. The molecule has 2 heterocycles. The van der Waals surface area contributed by atoms with Crippen molar-refractivity contribution in [3.05, 3.63) is 23.6 Å². The number of hydrogen-bond acceptors (Lipinski definition) is 4. The van der Waals surface area contributed by atoms with Crippen LogP contribution in [0.3, 0.4) is 0 Å². The molecule has 0 unspecified atom stereocenters. The maximum Gasteiger partial charge on any atom is 0.339 e. The van der Waals surface area contributed by atoms with Crippen LogP contribution in [0, 0.1) is 5.82 Å². The fraction of sp³-hybridized carbons (Fsp3) is 0.455. The molecule has 1 aliphatic heterocycles. The van der Waals surface area contributed by atoms with Gasteiger partial charge < -0.3 is 15.7 Å². The summed E-state index contributed by atoms with van der Waals surface area (Å²) >= 11 is 0. The highest BCUT2D eigenvalue weighted by Gasteiger charge is 2.18. The van der Waals surface area contributed by atoms with Gasteiger partial charge in [-0.25, -0.2) is 14.2 Å². The predicted molar refractivity (Wildman–Crippen MR) is 60.7 cm³/mol. The van der Waals surface area contributed by atoms with E-state index in [1.54, 1.807) is 0 Å². The van der Waals surface area contributed by atoms with Crippen molar-refractivity contribution in [2.24, 2.45) is 0 Å². The van der Waals surface area contributed by atoms with Crippen molar-refractivity contribution in [1.82, 2.24) is 10.3 Å². The van der Waals surface area contributed by atoms with Crippen molar-refractivity contribution in [2.45, 2.75) is 18.9 Å². The minimum absolute atomic E-state index is 0.122. The van der Waals surface area contributed by atoms with Crippen LogP contribution in [0.5, 0.6) is 0 Å². The van der Waals surface area contributed by atoms with Gasteiger partial charge in [0.15, 0.2) is 0 Å². The molecular weight excluding hydrogens is 225 g/mol. The molecule has 3 N–H and O–H groups in total. The van der Waals surface area contributed by atoms with E-state index in [0.717, 1.165) is 38.2 Å². The number of aromatic carboxylic acids is 1. The molecule has 1 saturated heterocycles. The second-order valence-corrected chi connectivity index (χ2v) is 4.02.